The molecule has 1 heterocycles. The summed E-state index contributed by atoms with van der Waals surface area (Å²) in [6, 6.07) is 7.03. The largest absolute Gasteiger partial charge is 0.506 e. The van der Waals surface area contributed by atoms with Crippen LogP contribution in [0.4, 0.5) is 0 Å². The van der Waals surface area contributed by atoms with Crippen molar-refractivity contribution in [2.75, 3.05) is 20.3 Å². The Balaban J connectivity index is 2.36. The molecule has 22 heavy (non-hydrogen) atoms. The third kappa shape index (κ3) is 3.72. The lowest BCUT2D eigenvalue weighted by Gasteiger charge is -2.12. The van der Waals surface area contributed by atoms with Gasteiger partial charge in [-0.2, -0.15) is 9.78 Å². The van der Waals surface area contributed by atoms with E-state index in [1.807, 2.05) is 32.0 Å². The van der Waals surface area contributed by atoms with E-state index in [2.05, 4.69) is 10.4 Å². The van der Waals surface area contributed by atoms with Crippen LogP contribution in [0.3, 0.4) is 0 Å². The van der Waals surface area contributed by atoms with E-state index in [1.54, 1.807) is 7.11 Å². The van der Waals surface area contributed by atoms with Crippen LogP contribution in [0.25, 0.3) is 5.69 Å². The molecule has 0 radical (unpaired) electrons. The zero-order chi connectivity index (χ0) is 16.1. The highest BCUT2D eigenvalue weighted by molar-refractivity contribution is 5.43. The monoisotopic (exact) mass is 303 g/mol. The molecule has 0 saturated heterocycles. The number of rotatable bonds is 6. The molecule has 1 aromatic heterocycles. The summed E-state index contributed by atoms with van der Waals surface area (Å²) in [5, 5.41) is 17.3. The molecule has 0 amide bonds. The third-order valence-corrected chi connectivity index (χ3v) is 3.35. The topological polar surface area (TPSA) is 76.4 Å². The molecule has 0 aliphatic carbocycles. The first-order valence-corrected chi connectivity index (χ1v) is 7.12. The average Bonchev–Trinajstić information content (AvgIpc) is 2.48. The normalized spacial score (nSPS) is 10.9. The zero-order valence-electron chi connectivity index (χ0n) is 13.1. The van der Waals surface area contributed by atoms with Gasteiger partial charge in [0.1, 0.15) is 11.4 Å². The van der Waals surface area contributed by atoms with Crippen molar-refractivity contribution in [3.05, 3.63) is 51.4 Å². The Morgan fingerprint density at radius 1 is 1.32 bits per heavy atom. The minimum atomic E-state index is -0.355. The predicted octanol–water partition coefficient (Wildman–Crippen LogP) is 1.29. The molecule has 0 atom stereocenters. The quantitative estimate of drug-likeness (QED) is 0.787. The Bertz CT molecular complexity index is 710. The Labute approximate surface area is 129 Å². The molecule has 0 unspecified atom stereocenters. The van der Waals surface area contributed by atoms with E-state index >= 15 is 0 Å². The number of nitrogens with zero attached hydrogens (tertiary/aromatic N) is 2. The van der Waals surface area contributed by atoms with E-state index in [9.17, 15) is 9.90 Å². The fourth-order valence-electron chi connectivity index (χ4n) is 2.11. The number of ether oxygens (including phenoxy) is 1. The molecule has 6 nitrogen and oxygen atoms in total. The van der Waals surface area contributed by atoms with Crippen molar-refractivity contribution in [2.24, 2.45) is 0 Å². The second-order valence-electron chi connectivity index (χ2n) is 5.19. The molecule has 1 aromatic carbocycles. The predicted molar refractivity (Wildman–Crippen MR) is 84.6 cm³/mol. The van der Waals surface area contributed by atoms with Crippen LogP contribution in [0.1, 0.15) is 16.8 Å². The van der Waals surface area contributed by atoms with E-state index in [1.165, 1.54) is 10.7 Å². The number of aryl methyl sites for hydroxylation is 2. The molecule has 0 spiro atoms. The highest BCUT2D eigenvalue weighted by atomic mass is 16.5. The van der Waals surface area contributed by atoms with E-state index in [-0.39, 0.29) is 11.3 Å². The van der Waals surface area contributed by atoms with Gasteiger partial charge in [0.15, 0.2) is 0 Å². The Kier molecular flexibility index (Phi) is 5.30. The van der Waals surface area contributed by atoms with Gasteiger partial charge in [-0.3, -0.25) is 4.79 Å². The van der Waals surface area contributed by atoms with E-state index in [0.717, 1.165) is 16.8 Å². The number of methoxy groups -OCH3 is 1. The molecule has 2 aromatic rings. The smallest absolute Gasteiger partial charge is 0.275 e. The van der Waals surface area contributed by atoms with Gasteiger partial charge < -0.3 is 15.2 Å². The summed E-state index contributed by atoms with van der Waals surface area (Å²) in [7, 11) is 1.62. The first-order chi connectivity index (χ1) is 10.5. The van der Waals surface area contributed by atoms with Gasteiger partial charge in [0.2, 0.25) is 0 Å². The molecule has 0 bridgehead atoms. The summed E-state index contributed by atoms with van der Waals surface area (Å²) in [5.41, 5.74) is 2.79. The maximum atomic E-state index is 12.1. The molecular formula is C16H21N3O3. The molecule has 0 fully saturated rings. The van der Waals surface area contributed by atoms with Crippen molar-refractivity contribution < 1.29 is 9.84 Å². The Hall–Kier alpha value is -2.18. The summed E-state index contributed by atoms with van der Waals surface area (Å²) < 4.78 is 6.28. The van der Waals surface area contributed by atoms with E-state index in [4.69, 9.17) is 4.74 Å². The Morgan fingerprint density at radius 2 is 2.09 bits per heavy atom. The van der Waals surface area contributed by atoms with E-state index < -0.39 is 0 Å². The standard InChI is InChI=1S/C16H21N3O3/c1-11-4-5-12(2)14(8-11)19-16(21)9-15(20)13(18-19)10-17-6-7-22-3/h4-5,8-9,17,20H,6-7,10H2,1-3H3. The number of aromatic hydroxyl groups is 1. The molecule has 0 saturated carbocycles. The first kappa shape index (κ1) is 16.2. The van der Waals surface area contributed by atoms with Crippen LogP contribution < -0.4 is 10.9 Å². The van der Waals surface area contributed by atoms with Crippen molar-refractivity contribution >= 4 is 0 Å². The van der Waals surface area contributed by atoms with Gasteiger partial charge >= 0.3 is 0 Å². The molecular weight excluding hydrogens is 282 g/mol. The minimum Gasteiger partial charge on any atom is -0.506 e. The van der Waals surface area contributed by atoms with Crippen LogP contribution in [0.2, 0.25) is 0 Å². The summed E-state index contributed by atoms with van der Waals surface area (Å²) in [6.45, 7) is 5.45. The third-order valence-electron chi connectivity index (χ3n) is 3.35. The number of hydrogen-bond acceptors (Lipinski definition) is 5. The average molecular weight is 303 g/mol. The zero-order valence-corrected chi connectivity index (χ0v) is 13.1. The van der Waals surface area contributed by atoms with Gasteiger partial charge in [-0.1, -0.05) is 12.1 Å². The number of aromatic nitrogens is 2. The van der Waals surface area contributed by atoms with Crippen LogP contribution in [0, 0.1) is 13.8 Å². The summed E-state index contributed by atoms with van der Waals surface area (Å²) >= 11 is 0. The molecule has 6 heteroatoms. The molecule has 2 N–H and O–H groups in total. The minimum absolute atomic E-state index is 0.100. The lowest BCUT2D eigenvalue weighted by Crippen LogP contribution is -2.25. The SMILES string of the molecule is COCCNCc1nn(-c2cc(C)ccc2C)c(=O)cc1O. The van der Waals surface area contributed by atoms with Gasteiger partial charge in [0, 0.05) is 26.3 Å². The van der Waals surface area contributed by atoms with Crippen molar-refractivity contribution in [1.29, 1.82) is 0 Å². The summed E-state index contributed by atoms with van der Waals surface area (Å²) in [6.07, 6.45) is 0. The summed E-state index contributed by atoms with van der Waals surface area (Å²) in [5.74, 6) is -0.100. The van der Waals surface area contributed by atoms with Crippen molar-refractivity contribution in [3.63, 3.8) is 0 Å². The number of nitrogens with one attached hydrogen (secondary N) is 1. The number of benzene rings is 1. The molecule has 2 rings (SSSR count). The fraction of sp³-hybridized carbons (Fsp3) is 0.375. The van der Waals surface area contributed by atoms with Crippen molar-refractivity contribution in [1.82, 2.24) is 15.1 Å². The van der Waals surface area contributed by atoms with Crippen LogP contribution in [0.5, 0.6) is 5.75 Å². The molecule has 0 aliphatic rings. The van der Waals surface area contributed by atoms with Gasteiger partial charge in [0.25, 0.3) is 5.56 Å². The highest BCUT2D eigenvalue weighted by Gasteiger charge is 2.11. The van der Waals surface area contributed by atoms with Gasteiger partial charge in [-0.05, 0) is 31.0 Å². The lowest BCUT2D eigenvalue weighted by atomic mass is 10.1. The van der Waals surface area contributed by atoms with Crippen molar-refractivity contribution in [2.45, 2.75) is 20.4 Å². The molecule has 0 aliphatic heterocycles. The molecule has 118 valence electrons. The van der Waals surface area contributed by atoms with E-state index in [0.29, 0.717) is 25.4 Å². The van der Waals surface area contributed by atoms with Gasteiger partial charge in [0.05, 0.1) is 12.3 Å². The lowest BCUT2D eigenvalue weighted by molar-refractivity contribution is 0.199. The highest BCUT2D eigenvalue weighted by Crippen LogP contribution is 2.16. The first-order valence-electron chi connectivity index (χ1n) is 7.12. The van der Waals surface area contributed by atoms with Gasteiger partial charge in [-0.15, -0.1) is 0 Å². The van der Waals surface area contributed by atoms with Crippen LogP contribution >= 0.6 is 0 Å². The fourth-order valence-corrected chi connectivity index (χ4v) is 2.11. The van der Waals surface area contributed by atoms with Gasteiger partial charge in [-0.25, -0.2) is 0 Å². The second-order valence-corrected chi connectivity index (χ2v) is 5.19. The second kappa shape index (κ2) is 7.20. The maximum Gasteiger partial charge on any atom is 0.275 e. The number of hydrogen-bond donors (Lipinski definition) is 2. The Morgan fingerprint density at radius 3 is 2.82 bits per heavy atom. The van der Waals surface area contributed by atoms with Crippen LogP contribution in [-0.2, 0) is 11.3 Å². The van der Waals surface area contributed by atoms with Crippen LogP contribution in [-0.4, -0.2) is 35.1 Å². The maximum absolute atomic E-state index is 12.1. The van der Waals surface area contributed by atoms with Crippen LogP contribution in [0.15, 0.2) is 29.1 Å². The van der Waals surface area contributed by atoms with Crippen molar-refractivity contribution in [3.8, 4) is 11.4 Å². The summed E-state index contributed by atoms with van der Waals surface area (Å²) in [4.78, 5) is 12.1.